The van der Waals surface area contributed by atoms with Gasteiger partial charge in [-0.3, -0.25) is 4.98 Å². The molecule has 0 fully saturated rings. The van der Waals surface area contributed by atoms with Gasteiger partial charge in [-0.15, -0.1) is 0 Å². The van der Waals surface area contributed by atoms with Gasteiger partial charge in [0.1, 0.15) is 5.69 Å². The normalized spacial score (nSPS) is 11.3. The minimum atomic E-state index is -3.33. The maximum absolute atomic E-state index is 12.3. The van der Waals surface area contributed by atoms with Crippen LogP contribution in [0.5, 0.6) is 0 Å². The van der Waals surface area contributed by atoms with Crippen LogP contribution in [0.1, 0.15) is 36.4 Å². The fraction of sp³-hybridized carbons (Fsp3) is 0.217. The number of aliphatic hydroxyl groups is 1. The number of rotatable bonds is 4. The summed E-state index contributed by atoms with van der Waals surface area (Å²) in [6.45, 7) is 5.01. The first-order chi connectivity index (χ1) is 14.2. The van der Waals surface area contributed by atoms with E-state index < -0.39 is 15.1 Å². The Hall–Kier alpha value is -2.72. The van der Waals surface area contributed by atoms with E-state index in [1.54, 1.807) is 62.5 Å². The molecule has 0 atom stereocenters. The molecule has 0 unspecified atom stereocenters. The molecule has 1 heterocycles. The van der Waals surface area contributed by atoms with Crippen LogP contribution in [0, 0.1) is 18.8 Å². The molecular formula is C23H21ClN2O3S. The van der Waals surface area contributed by atoms with Gasteiger partial charge in [-0.25, -0.2) is 13.4 Å². The van der Waals surface area contributed by atoms with Crippen molar-refractivity contribution in [3.63, 3.8) is 0 Å². The average Bonchev–Trinajstić information content (AvgIpc) is 2.72. The third-order valence-corrected chi connectivity index (χ3v) is 6.91. The number of nitrogens with zero attached hydrogens (tertiary/aromatic N) is 2. The van der Waals surface area contributed by atoms with E-state index in [2.05, 4.69) is 21.8 Å². The van der Waals surface area contributed by atoms with Crippen LogP contribution in [-0.4, -0.2) is 28.7 Å². The van der Waals surface area contributed by atoms with Crippen LogP contribution in [0.25, 0.3) is 11.3 Å². The van der Waals surface area contributed by atoms with Crippen LogP contribution < -0.4 is 0 Å². The molecule has 1 aromatic heterocycles. The summed E-state index contributed by atoms with van der Waals surface area (Å²) in [4.78, 5) is 9.23. The van der Waals surface area contributed by atoms with Gasteiger partial charge in [0, 0.05) is 16.1 Å². The lowest BCUT2D eigenvalue weighted by atomic mass is 10.1. The molecule has 0 spiro atoms. The van der Waals surface area contributed by atoms with Gasteiger partial charge in [-0.2, -0.15) is 0 Å². The number of sulfone groups is 1. The molecule has 3 rings (SSSR count). The van der Waals surface area contributed by atoms with Crippen molar-refractivity contribution in [3.05, 3.63) is 76.2 Å². The smallest absolute Gasteiger partial charge is 0.180 e. The molecule has 7 heteroatoms. The van der Waals surface area contributed by atoms with E-state index in [1.165, 1.54) is 0 Å². The summed E-state index contributed by atoms with van der Waals surface area (Å²) in [6.07, 6.45) is 1.63. The van der Waals surface area contributed by atoms with Crippen molar-refractivity contribution in [2.75, 3.05) is 0 Å². The summed E-state index contributed by atoms with van der Waals surface area (Å²) in [7, 11) is -3.33. The fourth-order valence-electron chi connectivity index (χ4n) is 2.74. The highest BCUT2D eigenvalue weighted by Gasteiger charge is 2.19. The molecule has 1 N–H and O–H groups in total. The van der Waals surface area contributed by atoms with Crippen LogP contribution in [0.3, 0.4) is 0 Å². The van der Waals surface area contributed by atoms with Crippen molar-refractivity contribution in [2.45, 2.75) is 37.5 Å². The lowest BCUT2D eigenvalue weighted by Crippen LogP contribution is -2.13. The Labute approximate surface area is 181 Å². The molecule has 30 heavy (non-hydrogen) atoms. The molecule has 5 nitrogen and oxygen atoms in total. The van der Waals surface area contributed by atoms with E-state index in [1.807, 2.05) is 6.92 Å². The molecule has 154 valence electrons. The zero-order valence-corrected chi connectivity index (χ0v) is 18.4. The van der Waals surface area contributed by atoms with E-state index in [4.69, 9.17) is 11.6 Å². The van der Waals surface area contributed by atoms with Crippen LogP contribution in [0.2, 0.25) is 5.02 Å². The lowest BCUT2D eigenvalue weighted by molar-refractivity contribution is 0.282. The molecule has 0 bridgehead atoms. The van der Waals surface area contributed by atoms with E-state index in [9.17, 15) is 13.5 Å². The maximum Gasteiger partial charge on any atom is 0.180 e. The highest BCUT2D eigenvalue weighted by Crippen LogP contribution is 2.22. The van der Waals surface area contributed by atoms with Gasteiger partial charge in [-0.1, -0.05) is 29.7 Å². The number of aliphatic hydroxyl groups excluding tert-OH is 1. The number of hydrogen-bond acceptors (Lipinski definition) is 5. The third kappa shape index (κ3) is 4.88. The molecule has 0 saturated carbocycles. The summed E-state index contributed by atoms with van der Waals surface area (Å²) in [6, 6.07) is 11.8. The van der Waals surface area contributed by atoms with Gasteiger partial charge in [0.15, 0.2) is 9.84 Å². The van der Waals surface area contributed by atoms with Crippen molar-refractivity contribution < 1.29 is 13.5 Å². The Kier molecular flexibility index (Phi) is 6.57. The lowest BCUT2D eigenvalue weighted by Gasteiger charge is -2.09. The summed E-state index contributed by atoms with van der Waals surface area (Å²) in [5, 5.41) is 9.33. The van der Waals surface area contributed by atoms with Gasteiger partial charge in [0.05, 0.1) is 34.3 Å². The highest BCUT2D eigenvalue weighted by molar-refractivity contribution is 7.92. The Morgan fingerprint density at radius 2 is 1.80 bits per heavy atom. The Morgan fingerprint density at radius 3 is 2.43 bits per heavy atom. The number of hydrogen-bond donors (Lipinski definition) is 1. The Bertz CT molecular complexity index is 1240. The second-order valence-electron chi connectivity index (χ2n) is 7.06. The molecule has 0 radical (unpaired) electrons. The zero-order valence-electron chi connectivity index (χ0n) is 16.8. The number of aryl methyl sites for hydroxylation is 1. The van der Waals surface area contributed by atoms with E-state index in [0.29, 0.717) is 33.2 Å². The molecular weight excluding hydrogens is 420 g/mol. The zero-order chi connectivity index (χ0) is 21.9. The quantitative estimate of drug-likeness (QED) is 0.615. The monoisotopic (exact) mass is 440 g/mol. The summed E-state index contributed by atoms with van der Waals surface area (Å²) < 4.78 is 24.6. The topological polar surface area (TPSA) is 80.2 Å². The number of halogens is 1. The summed E-state index contributed by atoms with van der Waals surface area (Å²) in [5.74, 6) is 6.02. The first kappa shape index (κ1) is 22.0. The van der Waals surface area contributed by atoms with Crippen molar-refractivity contribution in [1.29, 1.82) is 0 Å². The van der Waals surface area contributed by atoms with Crippen LogP contribution >= 0.6 is 11.6 Å². The number of benzene rings is 2. The second-order valence-corrected chi connectivity index (χ2v) is 10.0. The Balaban J connectivity index is 1.94. The predicted octanol–water partition coefficient (Wildman–Crippen LogP) is 4.18. The van der Waals surface area contributed by atoms with E-state index in [0.717, 1.165) is 5.56 Å². The second kappa shape index (κ2) is 8.97. The number of aromatic nitrogens is 2. The highest BCUT2D eigenvalue weighted by atomic mass is 35.5. The first-order valence-corrected chi connectivity index (χ1v) is 11.2. The van der Waals surface area contributed by atoms with Gasteiger partial charge in [0.2, 0.25) is 0 Å². The van der Waals surface area contributed by atoms with Crippen molar-refractivity contribution >= 4 is 21.4 Å². The van der Waals surface area contributed by atoms with E-state index >= 15 is 0 Å². The summed E-state index contributed by atoms with van der Waals surface area (Å²) >= 11 is 6.06. The molecule has 0 amide bonds. The largest absolute Gasteiger partial charge is 0.392 e. The SMILES string of the molecule is Cc1ncc(-c2ccc(S(=O)(=O)C(C)C)cc2)nc1C#Cc1cc(Cl)cc(CO)c1. The maximum atomic E-state index is 12.3. The van der Waals surface area contributed by atoms with Gasteiger partial charge >= 0.3 is 0 Å². The predicted molar refractivity (Wildman–Crippen MR) is 118 cm³/mol. The molecule has 0 aliphatic heterocycles. The van der Waals surface area contributed by atoms with Crippen LogP contribution in [-0.2, 0) is 16.4 Å². The summed E-state index contributed by atoms with van der Waals surface area (Å²) in [5.41, 5.74) is 3.88. The molecule has 0 aliphatic rings. The molecule has 0 aliphatic carbocycles. The minimum absolute atomic E-state index is 0.119. The molecule has 3 aromatic rings. The van der Waals surface area contributed by atoms with Crippen molar-refractivity contribution in [2.24, 2.45) is 0 Å². The van der Waals surface area contributed by atoms with Crippen LogP contribution in [0.15, 0.2) is 53.6 Å². The van der Waals surface area contributed by atoms with Gasteiger partial charge in [-0.05, 0) is 62.6 Å². The molecule has 0 saturated heterocycles. The first-order valence-electron chi connectivity index (χ1n) is 9.31. The third-order valence-electron chi connectivity index (χ3n) is 4.52. The average molecular weight is 441 g/mol. The minimum Gasteiger partial charge on any atom is -0.392 e. The Morgan fingerprint density at radius 1 is 1.10 bits per heavy atom. The van der Waals surface area contributed by atoms with Gasteiger partial charge < -0.3 is 5.11 Å². The standard InChI is InChI=1S/C23H21ClN2O3S/c1-15(2)30(28,29)21-7-5-19(6-8-21)23-13-25-16(3)22(26-23)9-4-17-10-18(14-27)12-20(24)11-17/h5-8,10-13,15,27H,14H2,1-3H3. The van der Waals surface area contributed by atoms with E-state index in [-0.39, 0.29) is 11.5 Å². The molecule has 2 aromatic carbocycles. The fourth-order valence-corrected chi connectivity index (χ4v) is 4.06. The van der Waals surface area contributed by atoms with Crippen molar-refractivity contribution in [3.8, 4) is 23.1 Å². The van der Waals surface area contributed by atoms with Gasteiger partial charge in [0.25, 0.3) is 0 Å². The van der Waals surface area contributed by atoms with Crippen molar-refractivity contribution in [1.82, 2.24) is 9.97 Å². The van der Waals surface area contributed by atoms with Crippen LogP contribution in [0.4, 0.5) is 0 Å².